The van der Waals surface area contributed by atoms with Gasteiger partial charge in [0.15, 0.2) is 5.82 Å². The van der Waals surface area contributed by atoms with Gasteiger partial charge in [-0.3, -0.25) is 4.98 Å². The van der Waals surface area contributed by atoms with Crippen LogP contribution in [0.2, 0.25) is 5.02 Å². The summed E-state index contributed by atoms with van der Waals surface area (Å²) < 4.78 is 0. The molecule has 3 N–H and O–H groups in total. The van der Waals surface area contributed by atoms with Crippen molar-refractivity contribution in [2.45, 2.75) is 6.92 Å². The summed E-state index contributed by atoms with van der Waals surface area (Å²) in [6.45, 7) is 1.54. The molecule has 0 aliphatic heterocycles. The molecular weight excluding hydrogens is 256 g/mol. The molecule has 6 nitrogen and oxygen atoms in total. The van der Waals surface area contributed by atoms with Gasteiger partial charge in [-0.05, 0) is 19.1 Å². The Labute approximate surface area is 107 Å². The minimum Gasteiger partial charge on any atom is -0.477 e. The van der Waals surface area contributed by atoms with Crippen LogP contribution in [0.15, 0.2) is 18.3 Å². The summed E-state index contributed by atoms with van der Waals surface area (Å²) in [6.07, 6.45) is 1.54. The zero-order chi connectivity index (χ0) is 13.3. The van der Waals surface area contributed by atoms with Gasteiger partial charge in [-0.2, -0.15) is 0 Å². The molecular formula is C11H9ClN4O2. The lowest BCUT2D eigenvalue weighted by Gasteiger charge is -2.07. The summed E-state index contributed by atoms with van der Waals surface area (Å²) in [5.41, 5.74) is 6.14. The Kier molecular flexibility index (Phi) is 3.12. The lowest BCUT2D eigenvalue weighted by Crippen LogP contribution is -2.10. The molecule has 0 saturated heterocycles. The van der Waals surface area contributed by atoms with Crippen LogP contribution in [0.3, 0.4) is 0 Å². The van der Waals surface area contributed by atoms with Gasteiger partial charge in [0.25, 0.3) is 0 Å². The van der Waals surface area contributed by atoms with E-state index in [0.717, 1.165) is 0 Å². The third-order valence-electron chi connectivity index (χ3n) is 2.30. The zero-order valence-corrected chi connectivity index (χ0v) is 10.1. The van der Waals surface area contributed by atoms with E-state index in [0.29, 0.717) is 10.7 Å². The second-order valence-corrected chi connectivity index (χ2v) is 3.94. The topological polar surface area (TPSA) is 102 Å². The molecule has 0 amide bonds. The molecule has 92 valence electrons. The molecule has 0 atom stereocenters. The van der Waals surface area contributed by atoms with Crippen LogP contribution in [0.4, 0.5) is 5.82 Å². The Morgan fingerprint density at radius 1 is 1.44 bits per heavy atom. The number of nitrogens with zero attached hydrogens (tertiary/aromatic N) is 3. The number of aryl methyl sites for hydroxylation is 1. The molecule has 2 rings (SSSR count). The van der Waals surface area contributed by atoms with Crippen molar-refractivity contribution in [3.05, 3.63) is 34.6 Å². The van der Waals surface area contributed by atoms with Gasteiger partial charge in [-0.1, -0.05) is 11.6 Å². The maximum Gasteiger partial charge on any atom is 0.341 e. The van der Waals surface area contributed by atoms with Gasteiger partial charge in [0.2, 0.25) is 0 Å². The van der Waals surface area contributed by atoms with Gasteiger partial charge in [0.05, 0.1) is 10.7 Å². The van der Waals surface area contributed by atoms with E-state index < -0.39 is 5.97 Å². The number of aromatic nitrogens is 3. The molecule has 0 radical (unpaired) electrons. The van der Waals surface area contributed by atoms with Crippen molar-refractivity contribution in [1.29, 1.82) is 0 Å². The van der Waals surface area contributed by atoms with Crippen LogP contribution < -0.4 is 5.73 Å². The van der Waals surface area contributed by atoms with E-state index in [1.807, 2.05) is 0 Å². The fourth-order valence-corrected chi connectivity index (χ4v) is 1.72. The van der Waals surface area contributed by atoms with E-state index in [1.165, 1.54) is 0 Å². The van der Waals surface area contributed by atoms with Crippen LogP contribution in [0.5, 0.6) is 0 Å². The predicted molar refractivity (Wildman–Crippen MR) is 66.4 cm³/mol. The number of carboxylic acids is 1. The molecule has 2 aromatic heterocycles. The average Bonchev–Trinajstić information content (AvgIpc) is 2.27. The molecule has 2 heterocycles. The summed E-state index contributed by atoms with van der Waals surface area (Å²) in [5.74, 6) is -1.06. The standard InChI is InChI=1S/C11H9ClN4O2/c1-5-7(11(17)18)9(13)16-10(15-5)8-6(12)3-2-4-14-8/h2-4H,1H3,(H,17,18)(H2,13,15,16). The van der Waals surface area contributed by atoms with Gasteiger partial charge in [0.1, 0.15) is 17.1 Å². The Morgan fingerprint density at radius 3 is 2.72 bits per heavy atom. The van der Waals surface area contributed by atoms with Crippen molar-refractivity contribution in [3.63, 3.8) is 0 Å². The first-order valence-corrected chi connectivity index (χ1v) is 5.36. The van der Waals surface area contributed by atoms with Gasteiger partial charge in [0, 0.05) is 6.20 Å². The minimum absolute atomic E-state index is 0.105. The van der Waals surface area contributed by atoms with Crippen LogP contribution in [-0.4, -0.2) is 26.0 Å². The Hall–Kier alpha value is -2.21. The van der Waals surface area contributed by atoms with Crippen LogP contribution in [-0.2, 0) is 0 Å². The SMILES string of the molecule is Cc1nc(-c2ncccc2Cl)nc(N)c1C(=O)O. The van der Waals surface area contributed by atoms with Gasteiger partial charge < -0.3 is 10.8 Å². The Bertz CT molecular complexity index is 607. The van der Waals surface area contributed by atoms with E-state index in [4.69, 9.17) is 22.4 Å². The van der Waals surface area contributed by atoms with Crippen LogP contribution in [0.25, 0.3) is 11.5 Å². The number of nitrogens with two attached hydrogens (primary N) is 1. The highest BCUT2D eigenvalue weighted by Crippen LogP contribution is 2.24. The first kappa shape index (κ1) is 12.3. The van der Waals surface area contributed by atoms with E-state index in [-0.39, 0.29) is 22.9 Å². The normalized spacial score (nSPS) is 10.3. The summed E-state index contributed by atoms with van der Waals surface area (Å²) in [6, 6.07) is 3.32. The molecule has 7 heteroatoms. The molecule has 0 fully saturated rings. The summed E-state index contributed by atoms with van der Waals surface area (Å²) in [7, 11) is 0. The fraction of sp³-hybridized carbons (Fsp3) is 0.0909. The zero-order valence-electron chi connectivity index (χ0n) is 9.38. The fourth-order valence-electron chi connectivity index (χ4n) is 1.52. The van der Waals surface area contributed by atoms with Crippen molar-refractivity contribution in [1.82, 2.24) is 15.0 Å². The molecule has 2 aromatic rings. The highest BCUT2D eigenvalue weighted by Gasteiger charge is 2.17. The third-order valence-corrected chi connectivity index (χ3v) is 2.61. The van der Waals surface area contributed by atoms with Gasteiger partial charge >= 0.3 is 5.97 Å². The minimum atomic E-state index is -1.16. The number of aromatic carboxylic acids is 1. The molecule has 18 heavy (non-hydrogen) atoms. The molecule has 0 unspecified atom stereocenters. The Balaban J connectivity index is 2.62. The lowest BCUT2D eigenvalue weighted by atomic mass is 10.2. The first-order valence-electron chi connectivity index (χ1n) is 4.99. The molecule has 0 spiro atoms. The number of carbonyl (C=O) groups is 1. The number of anilines is 1. The highest BCUT2D eigenvalue weighted by molar-refractivity contribution is 6.32. The van der Waals surface area contributed by atoms with Crippen molar-refractivity contribution in [2.75, 3.05) is 5.73 Å². The number of nitrogen functional groups attached to an aromatic ring is 1. The summed E-state index contributed by atoms with van der Waals surface area (Å²) in [4.78, 5) is 23.0. The number of halogens is 1. The maximum absolute atomic E-state index is 11.0. The largest absolute Gasteiger partial charge is 0.477 e. The van der Waals surface area contributed by atoms with Crippen LogP contribution >= 0.6 is 11.6 Å². The number of rotatable bonds is 2. The number of pyridine rings is 1. The summed E-state index contributed by atoms with van der Waals surface area (Å²) >= 11 is 5.97. The number of hydrogen-bond donors (Lipinski definition) is 2. The van der Waals surface area contributed by atoms with E-state index in [2.05, 4.69) is 15.0 Å². The second kappa shape index (κ2) is 4.58. The monoisotopic (exact) mass is 264 g/mol. The number of hydrogen-bond acceptors (Lipinski definition) is 5. The van der Waals surface area contributed by atoms with Crippen LogP contribution in [0.1, 0.15) is 16.1 Å². The van der Waals surface area contributed by atoms with E-state index in [9.17, 15) is 4.79 Å². The van der Waals surface area contributed by atoms with Crippen molar-refractivity contribution >= 4 is 23.4 Å². The molecule has 0 aliphatic carbocycles. The van der Waals surface area contributed by atoms with Gasteiger partial charge in [-0.25, -0.2) is 14.8 Å². The third kappa shape index (κ3) is 2.10. The van der Waals surface area contributed by atoms with Crippen molar-refractivity contribution in [3.8, 4) is 11.5 Å². The van der Waals surface area contributed by atoms with E-state index >= 15 is 0 Å². The lowest BCUT2D eigenvalue weighted by molar-refractivity contribution is 0.0696. The van der Waals surface area contributed by atoms with Crippen molar-refractivity contribution < 1.29 is 9.90 Å². The molecule has 0 aliphatic rings. The smallest absolute Gasteiger partial charge is 0.341 e. The first-order chi connectivity index (χ1) is 8.50. The maximum atomic E-state index is 11.0. The predicted octanol–water partition coefficient (Wildman–Crippen LogP) is 1.78. The second-order valence-electron chi connectivity index (χ2n) is 3.53. The van der Waals surface area contributed by atoms with Gasteiger partial charge in [-0.15, -0.1) is 0 Å². The quantitative estimate of drug-likeness (QED) is 0.857. The van der Waals surface area contributed by atoms with Crippen LogP contribution in [0, 0.1) is 6.92 Å². The van der Waals surface area contributed by atoms with Crippen molar-refractivity contribution in [2.24, 2.45) is 0 Å². The molecule has 0 bridgehead atoms. The highest BCUT2D eigenvalue weighted by atomic mass is 35.5. The molecule has 0 saturated carbocycles. The Morgan fingerprint density at radius 2 is 2.17 bits per heavy atom. The van der Waals surface area contributed by atoms with E-state index in [1.54, 1.807) is 25.3 Å². The molecule has 0 aromatic carbocycles. The average molecular weight is 265 g/mol. The number of carboxylic acid groups (broad SMARTS) is 1. The summed E-state index contributed by atoms with van der Waals surface area (Å²) in [5, 5.41) is 9.34.